The van der Waals surface area contributed by atoms with E-state index in [9.17, 15) is 38.9 Å². The van der Waals surface area contributed by atoms with E-state index in [1.807, 2.05) is 38.1 Å². The molecule has 1 saturated heterocycles. The van der Waals surface area contributed by atoms with Gasteiger partial charge in [0.05, 0.1) is 17.8 Å². The molecule has 8 unspecified atom stereocenters. The van der Waals surface area contributed by atoms with Crippen molar-refractivity contribution in [2.45, 2.75) is 129 Å². The molecule has 58 heavy (non-hydrogen) atoms. The van der Waals surface area contributed by atoms with Crippen molar-refractivity contribution < 1.29 is 66.9 Å². The monoisotopic (exact) mass is 814 g/mol. The Balaban J connectivity index is 0.000000307. The van der Waals surface area contributed by atoms with Gasteiger partial charge in [-0.15, -0.1) is 0 Å². The Morgan fingerprint density at radius 2 is 1.16 bits per heavy atom. The Morgan fingerprint density at radius 1 is 0.672 bits per heavy atom. The molecule has 2 aromatic rings. The number of fused-ring (bicyclic) bond motifs is 3. The molecule has 0 bridgehead atoms. The minimum Gasteiger partial charge on any atom is -0.507 e. The number of aromatic hydroxyl groups is 1. The summed E-state index contributed by atoms with van der Waals surface area (Å²) in [6.45, 7) is 14.1. The van der Waals surface area contributed by atoms with Crippen LogP contribution in [0.15, 0.2) is 60.7 Å². The minimum absolute atomic E-state index is 0. The summed E-state index contributed by atoms with van der Waals surface area (Å²) in [6.07, 6.45) is 4.05. The number of cyclic esters (lactones) is 2. The summed E-state index contributed by atoms with van der Waals surface area (Å²) in [7, 11) is 0. The van der Waals surface area contributed by atoms with Gasteiger partial charge < -0.3 is 34.3 Å². The van der Waals surface area contributed by atoms with Gasteiger partial charge in [0.2, 0.25) is 0 Å². The third-order valence-electron chi connectivity index (χ3n) is 9.98. The second kappa shape index (κ2) is 18.8. The maximum atomic E-state index is 15.2. The predicted octanol–water partition coefficient (Wildman–Crippen LogP) is 7.03. The molecule has 3 heterocycles. The van der Waals surface area contributed by atoms with Crippen LogP contribution in [0, 0.1) is 20.8 Å². The average molecular weight is 815 g/mol. The third-order valence-corrected chi connectivity index (χ3v) is 9.98. The molecule has 0 aromatic heterocycles. The van der Waals surface area contributed by atoms with Crippen LogP contribution in [0.3, 0.4) is 0 Å². The molecule has 0 amide bonds. The van der Waals surface area contributed by atoms with E-state index in [1.54, 1.807) is 26.8 Å². The van der Waals surface area contributed by atoms with Crippen molar-refractivity contribution in [2.75, 3.05) is 0 Å². The van der Waals surface area contributed by atoms with Crippen LogP contribution in [-0.2, 0) is 28.5 Å². The number of rotatable bonds is 0. The number of benzene rings is 2. The van der Waals surface area contributed by atoms with Crippen LogP contribution in [0.4, 0.5) is 13.5 Å². The molecule has 0 radical (unpaired) electrons. The number of aliphatic hydroxyl groups excluding tert-OH is 2. The number of esters is 2. The van der Waals surface area contributed by atoms with Crippen molar-refractivity contribution in [3.05, 3.63) is 99.7 Å². The zero-order chi connectivity index (χ0) is 42.6. The first kappa shape index (κ1) is 47.5. The summed E-state index contributed by atoms with van der Waals surface area (Å²) in [6, 6.07) is 6.77. The van der Waals surface area contributed by atoms with Crippen LogP contribution < -0.4 is 0 Å². The quantitative estimate of drug-likeness (QED) is 0.234. The van der Waals surface area contributed by atoms with Crippen molar-refractivity contribution in [1.29, 1.82) is 0 Å². The number of hydrogen-bond acceptors (Lipinski definition) is 11. The standard InChI is InChI=1S/C24H29FO5.C20H23FO6.FH/c1-14-12-15(2)20-17(13-14)8-7-9-19-21(30-23(4,5)29-19)18(26)10-11-24(6,25)16(3)28-22(20)27;1-11-9-13-5-4-6-14(22)18(25)15(23)7-8-20(3,21)12(2)27-19(26)17(13)16(24)10-11;/h7-8,10-13,16,19,21H,9H2,1-6H3;4-5,7-10,12,14,18,22,24-25H,6H2,1-3H3;1H/b8-7+,11-10-;5-4+,8-7-;. The lowest BCUT2D eigenvalue weighted by Gasteiger charge is -2.25. The first-order valence-corrected chi connectivity index (χ1v) is 18.7. The number of alkyl halides is 2. The number of phenolic OH excluding ortho intramolecular Hbond substituents is 1. The molecule has 1 fully saturated rings. The normalized spacial score (nSPS) is 32.4. The Hall–Kier alpha value is -4.89. The van der Waals surface area contributed by atoms with Gasteiger partial charge >= 0.3 is 11.9 Å². The lowest BCUT2D eigenvalue weighted by molar-refractivity contribution is -0.152. The molecule has 2 aromatic carbocycles. The summed E-state index contributed by atoms with van der Waals surface area (Å²) in [5.41, 5.74) is -0.568. The Bertz CT molecular complexity index is 2000. The van der Waals surface area contributed by atoms with E-state index in [2.05, 4.69) is 0 Å². The maximum Gasteiger partial charge on any atom is 0.342 e. The highest BCUT2D eigenvalue weighted by molar-refractivity contribution is 5.98. The second-order valence-electron chi connectivity index (χ2n) is 15.5. The van der Waals surface area contributed by atoms with Gasteiger partial charge in [0.1, 0.15) is 35.7 Å². The van der Waals surface area contributed by atoms with Crippen LogP contribution in [0.2, 0.25) is 0 Å². The van der Waals surface area contributed by atoms with Gasteiger partial charge in [0.25, 0.3) is 0 Å². The first-order valence-electron chi connectivity index (χ1n) is 18.7. The van der Waals surface area contributed by atoms with Gasteiger partial charge in [-0.2, -0.15) is 0 Å². The van der Waals surface area contributed by atoms with Crippen LogP contribution in [0.5, 0.6) is 5.75 Å². The molecule has 0 spiro atoms. The lowest BCUT2D eigenvalue weighted by Crippen LogP contribution is -2.36. The summed E-state index contributed by atoms with van der Waals surface area (Å²) in [5, 5.41) is 30.0. The van der Waals surface area contributed by atoms with E-state index in [-0.39, 0.29) is 28.2 Å². The minimum atomic E-state index is -2.21. The van der Waals surface area contributed by atoms with Gasteiger partial charge in [0, 0.05) is 0 Å². The van der Waals surface area contributed by atoms with Crippen molar-refractivity contribution in [1.82, 2.24) is 0 Å². The largest absolute Gasteiger partial charge is 0.507 e. The van der Waals surface area contributed by atoms with E-state index in [0.29, 0.717) is 28.7 Å². The van der Waals surface area contributed by atoms with E-state index in [0.717, 1.165) is 42.4 Å². The van der Waals surface area contributed by atoms with Crippen molar-refractivity contribution in [3.63, 3.8) is 0 Å². The van der Waals surface area contributed by atoms with Gasteiger partial charge in [-0.25, -0.2) is 18.4 Å². The Morgan fingerprint density at radius 3 is 1.72 bits per heavy atom. The van der Waals surface area contributed by atoms with E-state index >= 15 is 4.39 Å². The number of carbonyl (C=O) groups excluding carboxylic acids is 4. The molecule has 0 aliphatic carbocycles. The van der Waals surface area contributed by atoms with Gasteiger partial charge in [-0.05, 0) is 128 Å². The average Bonchev–Trinajstić information content (AvgIpc) is 3.41. The second-order valence-corrected chi connectivity index (χ2v) is 15.5. The van der Waals surface area contributed by atoms with Gasteiger partial charge in [-0.1, -0.05) is 48.1 Å². The molecule has 11 nitrogen and oxygen atoms in total. The molecule has 8 atom stereocenters. The fraction of sp³-hybridized carbons (Fsp3) is 0.455. The molecule has 3 aliphatic rings. The maximum absolute atomic E-state index is 15.2. The molecule has 5 rings (SSSR count). The lowest BCUT2D eigenvalue weighted by atomic mass is 9.96. The summed E-state index contributed by atoms with van der Waals surface area (Å²) < 4.78 is 52.3. The first-order chi connectivity index (χ1) is 26.4. The molecule has 0 saturated carbocycles. The summed E-state index contributed by atoms with van der Waals surface area (Å²) in [4.78, 5) is 50.0. The highest BCUT2D eigenvalue weighted by Crippen LogP contribution is 2.33. The highest BCUT2D eigenvalue weighted by atomic mass is 19.1. The fourth-order valence-electron chi connectivity index (χ4n) is 6.41. The molecule has 3 N–H and O–H groups in total. The number of aryl methyl sites for hydroxylation is 3. The smallest absolute Gasteiger partial charge is 0.342 e. The SMILES string of the molecule is Cc1cc(C)c2c(c1)/C=C/CC1OC(C)(C)OC1C(=O)/C=C\C(C)(F)C(C)OC2=O.Cc1cc(O)c2c(c1)/C=C/CC(O)C(O)C(=O)/C=C\C(C)(F)C(C)OC2=O.F. The van der Waals surface area contributed by atoms with Crippen LogP contribution in [-0.4, -0.2) is 92.6 Å². The molecular formula is C44H53F3O11. The van der Waals surface area contributed by atoms with Crippen LogP contribution in [0.25, 0.3) is 12.2 Å². The van der Waals surface area contributed by atoms with E-state index < -0.39 is 71.5 Å². The van der Waals surface area contributed by atoms with E-state index in [1.165, 1.54) is 39.0 Å². The Labute approximate surface area is 336 Å². The number of halogens is 3. The molecule has 3 aliphatic heterocycles. The third kappa shape index (κ3) is 11.6. The number of ketones is 2. The number of phenols is 1. The number of aliphatic hydroxyl groups is 2. The predicted molar refractivity (Wildman–Crippen MR) is 211 cm³/mol. The van der Waals surface area contributed by atoms with Crippen LogP contribution in [0.1, 0.15) is 103 Å². The van der Waals surface area contributed by atoms with Gasteiger partial charge in [-0.3, -0.25) is 14.3 Å². The molecule has 316 valence electrons. The zero-order valence-corrected chi connectivity index (χ0v) is 34.1. The molecular weight excluding hydrogens is 761 g/mol. The van der Waals surface area contributed by atoms with Crippen molar-refractivity contribution >= 4 is 35.7 Å². The molecule has 14 heteroatoms. The Kier molecular flexibility index (Phi) is 15.4. The highest BCUT2D eigenvalue weighted by Gasteiger charge is 2.44. The number of ether oxygens (including phenoxy) is 4. The van der Waals surface area contributed by atoms with Crippen molar-refractivity contribution in [2.24, 2.45) is 0 Å². The number of carbonyl (C=O) groups is 4. The van der Waals surface area contributed by atoms with E-state index in [4.69, 9.17) is 18.9 Å². The van der Waals surface area contributed by atoms with Gasteiger partial charge in [0.15, 0.2) is 28.7 Å². The topological polar surface area (TPSA) is 166 Å². The summed E-state index contributed by atoms with van der Waals surface area (Å²) >= 11 is 0. The number of hydrogen-bond donors (Lipinski definition) is 3. The fourth-order valence-corrected chi connectivity index (χ4v) is 6.41. The van der Waals surface area contributed by atoms with Crippen molar-refractivity contribution in [3.8, 4) is 5.75 Å². The zero-order valence-electron chi connectivity index (χ0n) is 34.1. The van der Waals surface area contributed by atoms with Crippen LogP contribution >= 0.6 is 0 Å². The summed E-state index contributed by atoms with van der Waals surface area (Å²) in [5.74, 6) is -3.99.